The van der Waals surface area contributed by atoms with E-state index < -0.39 is 20.5 Å². The Bertz CT molecular complexity index is 1540. The molecule has 3 aliphatic rings. The number of benzene rings is 1. The number of nitrogens with zero attached hydrogens (tertiary/aromatic N) is 4. The average Bonchev–Trinajstić information content (AvgIpc) is 3.69. The van der Waals surface area contributed by atoms with Crippen LogP contribution in [0.25, 0.3) is 0 Å². The van der Waals surface area contributed by atoms with Crippen LogP contribution in [0.3, 0.4) is 0 Å². The van der Waals surface area contributed by atoms with Crippen molar-refractivity contribution < 1.29 is 17.9 Å². The number of rotatable bonds is 9. The molecular weight excluding hydrogens is 602 g/mol. The Morgan fingerprint density at radius 3 is 2.43 bits per heavy atom. The van der Waals surface area contributed by atoms with E-state index in [-0.39, 0.29) is 28.3 Å². The van der Waals surface area contributed by atoms with E-state index in [1.807, 2.05) is 25.7 Å². The Hall–Kier alpha value is -3.09. The summed E-state index contributed by atoms with van der Waals surface area (Å²) in [6.07, 6.45) is 7.16. The van der Waals surface area contributed by atoms with Crippen molar-refractivity contribution in [1.29, 1.82) is 0 Å². The molecule has 0 radical (unpaired) electrons. The highest BCUT2D eigenvalue weighted by Crippen LogP contribution is 2.40. The quantitative estimate of drug-likeness (QED) is 0.329. The molecule has 2 aliphatic heterocycles. The number of hydrogen-bond donors (Lipinski definition) is 3. The highest BCUT2D eigenvalue weighted by molar-refractivity contribution is 7.92. The number of sulfone groups is 1. The summed E-state index contributed by atoms with van der Waals surface area (Å²) in [5.74, 6) is 1.85. The van der Waals surface area contributed by atoms with Crippen molar-refractivity contribution in [3.63, 3.8) is 0 Å². The molecule has 0 bridgehead atoms. The summed E-state index contributed by atoms with van der Waals surface area (Å²) >= 11 is 6.46. The van der Waals surface area contributed by atoms with Crippen LogP contribution in [-0.4, -0.2) is 71.1 Å². The molecule has 1 atom stereocenters. The number of piperidine rings is 1. The fourth-order valence-electron chi connectivity index (χ4n) is 5.53. The Balaban J connectivity index is 1.36. The lowest BCUT2D eigenvalue weighted by Gasteiger charge is -2.36. The SMILES string of the molecule is Cc1cc(Nc2ncc(Cl)c(NC3=CN(C)NC3S(=O)(=O)C(C)C)n2)c(OC2CC2)cc1C1CCN(C(=O)C(C)(C)C)CC1. The second kappa shape index (κ2) is 12.4. The van der Waals surface area contributed by atoms with Crippen LogP contribution < -0.4 is 20.8 Å². The molecule has 2 fully saturated rings. The Labute approximate surface area is 265 Å². The molecule has 11 nitrogen and oxygen atoms in total. The molecule has 1 aromatic heterocycles. The van der Waals surface area contributed by atoms with Gasteiger partial charge in [-0.05, 0) is 75.6 Å². The van der Waals surface area contributed by atoms with E-state index in [1.165, 1.54) is 11.8 Å². The molecule has 5 rings (SSSR count). The zero-order valence-electron chi connectivity index (χ0n) is 26.6. The fourth-order valence-corrected chi connectivity index (χ4v) is 7.00. The third-order valence-electron chi connectivity index (χ3n) is 8.22. The van der Waals surface area contributed by atoms with Crippen LogP contribution in [0.2, 0.25) is 5.02 Å². The highest BCUT2D eigenvalue weighted by Gasteiger charge is 2.37. The predicted octanol–water partition coefficient (Wildman–Crippen LogP) is 5.33. The molecule has 1 amide bonds. The number of anilines is 3. The summed E-state index contributed by atoms with van der Waals surface area (Å²) in [4.78, 5) is 23.8. The molecule has 240 valence electrons. The summed E-state index contributed by atoms with van der Waals surface area (Å²) in [5.41, 5.74) is 6.09. The first-order chi connectivity index (χ1) is 20.6. The van der Waals surface area contributed by atoms with Gasteiger partial charge in [0.15, 0.2) is 21.0 Å². The third kappa shape index (κ3) is 7.07. The number of aromatic nitrogens is 2. The normalized spacial score (nSPS) is 19.8. The maximum atomic E-state index is 13.0. The van der Waals surface area contributed by atoms with E-state index in [1.54, 1.807) is 32.1 Å². The number of carbonyl (C=O) groups is 1. The first-order valence-electron chi connectivity index (χ1n) is 15.2. The monoisotopic (exact) mass is 645 g/mol. The molecule has 1 saturated carbocycles. The molecule has 2 aromatic rings. The van der Waals surface area contributed by atoms with E-state index in [2.05, 4.69) is 45.1 Å². The van der Waals surface area contributed by atoms with Crippen LogP contribution in [0.4, 0.5) is 17.5 Å². The highest BCUT2D eigenvalue weighted by atomic mass is 35.5. The number of likely N-dealkylation sites (tertiary alicyclic amines) is 1. The van der Waals surface area contributed by atoms with E-state index in [0.29, 0.717) is 17.6 Å². The van der Waals surface area contributed by atoms with Crippen molar-refractivity contribution in [1.82, 2.24) is 25.3 Å². The van der Waals surface area contributed by atoms with Crippen LogP contribution in [0.1, 0.15) is 77.3 Å². The maximum Gasteiger partial charge on any atom is 0.229 e. The van der Waals surface area contributed by atoms with Gasteiger partial charge in [0.2, 0.25) is 11.9 Å². The summed E-state index contributed by atoms with van der Waals surface area (Å²) in [7, 11) is -1.79. The van der Waals surface area contributed by atoms with Gasteiger partial charge in [-0.25, -0.2) is 18.8 Å². The van der Waals surface area contributed by atoms with Crippen molar-refractivity contribution in [3.05, 3.63) is 46.4 Å². The van der Waals surface area contributed by atoms with Crippen LogP contribution in [0.5, 0.6) is 5.75 Å². The molecule has 13 heteroatoms. The Kier molecular flexibility index (Phi) is 9.08. The minimum atomic E-state index is -3.52. The standard InChI is InChI=1S/C31H44ClN7O4S/c1-18(2)44(41,42)28-25(17-38(7)37-28)34-27-23(32)16-33-30(36-27)35-24-14-19(3)22(15-26(24)43-21-8-9-21)20-10-12-39(13-11-20)29(40)31(4,5)6/h14-18,20-21,28,37H,8-13H2,1-7H3,(H2,33,34,35,36). The second-order valence-corrected chi connectivity index (χ2v) is 16.3. The maximum absolute atomic E-state index is 13.0. The van der Waals surface area contributed by atoms with Crippen molar-refractivity contribution in [2.45, 2.75) is 89.9 Å². The number of nitrogens with one attached hydrogen (secondary N) is 3. The Morgan fingerprint density at radius 1 is 1.14 bits per heavy atom. The Morgan fingerprint density at radius 2 is 1.82 bits per heavy atom. The van der Waals surface area contributed by atoms with Crippen molar-refractivity contribution in [2.75, 3.05) is 30.8 Å². The number of carbonyl (C=O) groups excluding carboxylic acids is 1. The zero-order valence-corrected chi connectivity index (χ0v) is 28.1. The predicted molar refractivity (Wildman–Crippen MR) is 174 cm³/mol. The summed E-state index contributed by atoms with van der Waals surface area (Å²) in [6, 6.07) is 4.19. The number of ether oxygens (including phenoxy) is 1. The third-order valence-corrected chi connectivity index (χ3v) is 10.8. The summed E-state index contributed by atoms with van der Waals surface area (Å²) < 4.78 is 32.3. The van der Waals surface area contributed by atoms with Gasteiger partial charge in [-0.15, -0.1) is 0 Å². The first-order valence-corrected chi connectivity index (χ1v) is 17.2. The van der Waals surface area contributed by atoms with Crippen LogP contribution in [-0.2, 0) is 14.6 Å². The second-order valence-electron chi connectivity index (χ2n) is 13.3. The number of hydrogen-bond acceptors (Lipinski definition) is 10. The smallest absolute Gasteiger partial charge is 0.229 e. The van der Waals surface area contributed by atoms with Gasteiger partial charge in [0.1, 0.15) is 10.8 Å². The van der Waals surface area contributed by atoms with Gasteiger partial charge in [-0.2, -0.15) is 4.98 Å². The van der Waals surface area contributed by atoms with Crippen LogP contribution in [0, 0.1) is 12.3 Å². The number of halogens is 1. The largest absolute Gasteiger partial charge is 0.488 e. The zero-order chi connectivity index (χ0) is 32.0. The molecule has 1 aromatic carbocycles. The molecule has 1 saturated heterocycles. The lowest BCUT2D eigenvalue weighted by molar-refractivity contribution is -0.140. The molecule has 1 unspecified atom stereocenters. The molecule has 1 aliphatic carbocycles. The van der Waals surface area contributed by atoms with Crippen LogP contribution in [0.15, 0.2) is 30.2 Å². The van der Waals surface area contributed by atoms with Crippen LogP contribution >= 0.6 is 11.6 Å². The number of aryl methyl sites for hydroxylation is 1. The van der Waals surface area contributed by atoms with Gasteiger partial charge in [0, 0.05) is 31.8 Å². The first kappa shape index (κ1) is 32.3. The average molecular weight is 646 g/mol. The van der Waals surface area contributed by atoms with E-state index in [0.717, 1.165) is 55.8 Å². The topological polar surface area (TPSA) is 129 Å². The van der Waals surface area contributed by atoms with Crippen molar-refractivity contribution in [3.8, 4) is 5.75 Å². The van der Waals surface area contributed by atoms with Gasteiger partial charge >= 0.3 is 0 Å². The molecule has 3 N–H and O–H groups in total. The van der Waals surface area contributed by atoms with Gasteiger partial charge in [-0.3, -0.25) is 4.79 Å². The molecular formula is C31H44ClN7O4S. The van der Waals surface area contributed by atoms with Gasteiger partial charge in [0.25, 0.3) is 0 Å². The lowest BCUT2D eigenvalue weighted by atomic mass is 9.85. The molecule has 44 heavy (non-hydrogen) atoms. The van der Waals surface area contributed by atoms with Crippen molar-refractivity contribution >= 4 is 44.8 Å². The number of hydrazine groups is 1. The summed E-state index contributed by atoms with van der Waals surface area (Å²) in [6.45, 7) is 12.8. The molecule has 3 heterocycles. The summed E-state index contributed by atoms with van der Waals surface area (Å²) in [5, 5.41) is 6.74. The van der Waals surface area contributed by atoms with Gasteiger partial charge in [-0.1, -0.05) is 32.4 Å². The molecule has 0 spiro atoms. The van der Waals surface area contributed by atoms with E-state index in [4.69, 9.17) is 16.3 Å². The van der Waals surface area contributed by atoms with Gasteiger partial charge < -0.3 is 25.3 Å². The van der Waals surface area contributed by atoms with E-state index in [9.17, 15) is 13.2 Å². The minimum Gasteiger partial charge on any atom is -0.488 e. The van der Waals surface area contributed by atoms with Gasteiger partial charge in [0.05, 0.1) is 28.9 Å². The minimum absolute atomic E-state index is 0.180. The lowest BCUT2D eigenvalue weighted by Crippen LogP contribution is -2.43. The fraction of sp³-hybridized carbons (Fsp3) is 0.581. The number of amides is 1. The van der Waals surface area contributed by atoms with E-state index >= 15 is 0 Å². The van der Waals surface area contributed by atoms with Crippen molar-refractivity contribution in [2.24, 2.45) is 5.41 Å².